The van der Waals surface area contributed by atoms with Crippen LogP contribution >= 0.6 is 22.6 Å². The molecule has 0 atom stereocenters. The molecular formula is C11H14INO2. The predicted molar refractivity (Wildman–Crippen MR) is 67.0 cm³/mol. The van der Waals surface area contributed by atoms with Gasteiger partial charge in [-0.3, -0.25) is 4.79 Å². The van der Waals surface area contributed by atoms with E-state index < -0.39 is 0 Å². The molecule has 0 amide bonds. The van der Waals surface area contributed by atoms with Gasteiger partial charge in [0.1, 0.15) is 0 Å². The van der Waals surface area contributed by atoms with E-state index >= 15 is 0 Å². The second kappa shape index (κ2) is 5.12. The van der Waals surface area contributed by atoms with Crippen LogP contribution in [-0.2, 0) is 11.3 Å². The Bertz CT molecular complexity index is 382. The van der Waals surface area contributed by atoms with Crippen molar-refractivity contribution in [1.29, 1.82) is 0 Å². The van der Waals surface area contributed by atoms with Crippen LogP contribution in [0.2, 0.25) is 0 Å². The van der Waals surface area contributed by atoms with Gasteiger partial charge in [0, 0.05) is 26.0 Å². The van der Waals surface area contributed by atoms with Gasteiger partial charge in [0.25, 0.3) is 5.56 Å². The summed E-state index contributed by atoms with van der Waals surface area (Å²) in [7, 11) is 0. The highest BCUT2D eigenvalue weighted by atomic mass is 127. The number of aromatic nitrogens is 1. The number of rotatable bonds is 2. The van der Waals surface area contributed by atoms with Gasteiger partial charge >= 0.3 is 0 Å². The van der Waals surface area contributed by atoms with Gasteiger partial charge in [-0.15, -0.1) is 0 Å². The lowest BCUT2D eigenvalue weighted by Crippen LogP contribution is -2.28. The van der Waals surface area contributed by atoms with Crippen molar-refractivity contribution in [1.82, 2.24) is 4.57 Å². The van der Waals surface area contributed by atoms with Crippen LogP contribution in [0.15, 0.2) is 23.1 Å². The number of halogens is 1. The van der Waals surface area contributed by atoms with Crippen molar-refractivity contribution in [3.8, 4) is 0 Å². The molecule has 1 aliphatic rings. The first kappa shape index (κ1) is 11.1. The van der Waals surface area contributed by atoms with E-state index in [-0.39, 0.29) is 5.56 Å². The first-order chi connectivity index (χ1) is 7.27. The maximum atomic E-state index is 11.8. The smallest absolute Gasteiger partial charge is 0.263 e. The quantitative estimate of drug-likeness (QED) is 0.780. The van der Waals surface area contributed by atoms with E-state index in [4.69, 9.17) is 4.74 Å². The fourth-order valence-corrected chi connectivity index (χ4v) is 2.38. The van der Waals surface area contributed by atoms with Crippen molar-refractivity contribution in [2.45, 2.75) is 19.4 Å². The molecule has 1 aromatic heterocycles. The summed E-state index contributed by atoms with van der Waals surface area (Å²) in [6.45, 7) is 2.51. The zero-order valence-corrected chi connectivity index (χ0v) is 10.6. The minimum absolute atomic E-state index is 0.129. The van der Waals surface area contributed by atoms with E-state index in [0.717, 1.165) is 36.2 Å². The maximum Gasteiger partial charge on any atom is 0.263 e. The fourth-order valence-electron chi connectivity index (χ4n) is 1.86. The molecule has 3 nitrogen and oxygen atoms in total. The van der Waals surface area contributed by atoms with Crippen LogP contribution in [0.5, 0.6) is 0 Å². The summed E-state index contributed by atoms with van der Waals surface area (Å²) >= 11 is 2.09. The summed E-state index contributed by atoms with van der Waals surface area (Å²) < 4.78 is 7.91. The first-order valence-electron chi connectivity index (χ1n) is 5.20. The molecule has 0 bridgehead atoms. The lowest BCUT2D eigenvalue weighted by atomic mass is 10.0. The molecule has 0 aliphatic carbocycles. The lowest BCUT2D eigenvalue weighted by molar-refractivity contribution is 0.0609. The van der Waals surface area contributed by atoms with Crippen molar-refractivity contribution < 1.29 is 4.74 Å². The van der Waals surface area contributed by atoms with Gasteiger partial charge in [-0.05, 0) is 53.5 Å². The van der Waals surface area contributed by atoms with Crippen molar-refractivity contribution in [2.24, 2.45) is 5.92 Å². The summed E-state index contributed by atoms with van der Waals surface area (Å²) in [5.41, 5.74) is 0.129. The van der Waals surface area contributed by atoms with Gasteiger partial charge in [0.15, 0.2) is 0 Å². The Morgan fingerprint density at radius 3 is 2.93 bits per heavy atom. The summed E-state index contributed by atoms with van der Waals surface area (Å²) in [6.07, 6.45) is 4.01. The third kappa shape index (κ3) is 2.81. The van der Waals surface area contributed by atoms with Crippen molar-refractivity contribution in [3.05, 3.63) is 32.3 Å². The topological polar surface area (TPSA) is 31.2 Å². The highest BCUT2D eigenvalue weighted by Gasteiger charge is 2.14. The highest BCUT2D eigenvalue weighted by molar-refractivity contribution is 14.1. The van der Waals surface area contributed by atoms with Crippen molar-refractivity contribution >= 4 is 22.6 Å². The number of hydrogen-bond acceptors (Lipinski definition) is 2. The van der Waals surface area contributed by atoms with Gasteiger partial charge < -0.3 is 9.30 Å². The Kier molecular flexibility index (Phi) is 3.80. The Balaban J connectivity index is 2.09. The number of hydrogen-bond donors (Lipinski definition) is 0. The Labute approximate surface area is 103 Å². The molecule has 0 unspecified atom stereocenters. The van der Waals surface area contributed by atoms with E-state index in [2.05, 4.69) is 22.6 Å². The lowest BCUT2D eigenvalue weighted by Gasteiger charge is -2.22. The minimum Gasteiger partial charge on any atom is -0.381 e. The third-order valence-electron chi connectivity index (χ3n) is 2.77. The minimum atomic E-state index is 0.129. The van der Waals surface area contributed by atoms with Crippen LogP contribution < -0.4 is 5.56 Å². The normalized spacial score (nSPS) is 17.9. The van der Waals surface area contributed by atoms with Crippen LogP contribution in [0.25, 0.3) is 0 Å². The average Bonchev–Trinajstić information content (AvgIpc) is 2.26. The molecule has 1 aliphatic heterocycles. The Morgan fingerprint density at radius 2 is 2.20 bits per heavy atom. The maximum absolute atomic E-state index is 11.8. The molecule has 4 heteroatoms. The Hall–Kier alpha value is -0.360. The summed E-state index contributed by atoms with van der Waals surface area (Å²) in [5.74, 6) is 0.592. The van der Waals surface area contributed by atoms with Crippen LogP contribution in [0.1, 0.15) is 12.8 Å². The van der Waals surface area contributed by atoms with Crippen LogP contribution in [-0.4, -0.2) is 17.8 Å². The molecule has 1 saturated heterocycles. The molecule has 2 heterocycles. The molecule has 0 saturated carbocycles. The monoisotopic (exact) mass is 319 g/mol. The highest BCUT2D eigenvalue weighted by Crippen LogP contribution is 2.16. The second-order valence-electron chi connectivity index (χ2n) is 3.87. The van der Waals surface area contributed by atoms with Crippen molar-refractivity contribution in [2.75, 3.05) is 13.2 Å². The van der Waals surface area contributed by atoms with Gasteiger partial charge in [-0.25, -0.2) is 0 Å². The summed E-state index contributed by atoms with van der Waals surface area (Å²) in [5, 5.41) is 0. The average molecular weight is 319 g/mol. The molecular weight excluding hydrogens is 305 g/mol. The van der Waals surface area contributed by atoms with Crippen molar-refractivity contribution in [3.63, 3.8) is 0 Å². The van der Waals surface area contributed by atoms with Crippen LogP contribution in [0, 0.1) is 9.49 Å². The summed E-state index contributed by atoms with van der Waals surface area (Å²) in [6, 6.07) is 3.78. The van der Waals surface area contributed by atoms with Crippen LogP contribution in [0.4, 0.5) is 0 Å². The SMILES string of the molecule is O=c1c(I)cccn1CC1CCOCC1. The molecule has 0 radical (unpaired) electrons. The van der Waals surface area contributed by atoms with Gasteiger partial charge in [0.05, 0.1) is 3.57 Å². The molecule has 0 N–H and O–H groups in total. The zero-order valence-electron chi connectivity index (χ0n) is 8.49. The predicted octanol–water partition coefficient (Wildman–Crippen LogP) is 1.88. The van der Waals surface area contributed by atoms with Gasteiger partial charge in [-0.1, -0.05) is 0 Å². The Morgan fingerprint density at radius 1 is 1.47 bits per heavy atom. The van der Waals surface area contributed by atoms with E-state index in [1.165, 1.54) is 0 Å². The number of ether oxygens (including phenoxy) is 1. The summed E-state index contributed by atoms with van der Waals surface area (Å²) in [4.78, 5) is 11.8. The molecule has 0 aromatic carbocycles. The third-order valence-corrected chi connectivity index (χ3v) is 3.59. The van der Waals surface area contributed by atoms with Gasteiger partial charge in [0.2, 0.25) is 0 Å². The molecule has 82 valence electrons. The standard InChI is InChI=1S/C11H14INO2/c12-10-2-1-5-13(11(10)14)8-9-3-6-15-7-4-9/h1-2,5,9H,3-4,6-8H2. The molecule has 0 spiro atoms. The van der Waals surface area contributed by atoms with E-state index in [1.807, 2.05) is 22.9 Å². The number of pyridine rings is 1. The van der Waals surface area contributed by atoms with E-state index in [9.17, 15) is 4.79 Å². The van der Waals surface area contributed by atoms with E-state index in [1.54, 1.807) is 0 Å². The molecule has 2 rings (SSSR count). The molecule has 15 heavy (non-hydrogen) atoms. The molecule has 1 fully saturated rings. The first-order valence-corrected chi connectivity index (χ1v) is 6.28. The largest absolute Gasteiger partial charge is 0.381 e. The number of nitrogens with zero attached hydrogens (tertiary/aromatic N) is 1. The van der Waals surface area contributed by atoms with E-state index in [0.29, 0.717) is 5.92 Å². The zero-order chi connectivity index (χ0) is 10.7. The fraction of sp³-hybridized carbons (Fsp3) is 0.545. The van der Waals surface area contributed by atoms with Crippen LogP contribution in [0.3, 0.4) is 0 Å². The molecule has 1 aromatic rings. The van der Waals surface area contributed by atoms with Gasteiger partial charge in [-0.2, -0.15) is 0 Å². The second-order valence-corrected chi connectivity index (χ2v) is 5.03.